The number of pyridine rings is 1. The minimum atomic E-state index is 0.441. The molecule has 0 fully saturated rings. The van der Waals surface area contributed by atoms with Gasteiger partial charge < -0.3 is 5.32 Å². The molecule has 0 saturated heterocycles. The first-order valence-corrected chi connectivity index (χ1v) is 5.94. The monoisotopic (exact) mass is 290 g/mol. The van der Waals surface area contributed by atoms with Gasteiger partial charge in [-0.25, -0.2) is 4.98 Å². The molecule has 3 heteroatoms. The van der Waals surface area contributed by atoms with Crippen molar-refractivity contribution in [2.24, 2.45) is 0 Å². The Bertz CT molecular complexity index is 284. The van der Waals surface area contributed by atoms with Crippen molar-refractivity contribution in [3.63, 3.8) is 0 Å². The van der Waals surface area contributed by atoms with Gasteiger partial charge in [0.25, 0.3) is 0 Å². The Hall–Kier alpha value is -0.320. The second-order valence-electron chi connectivity index (χ2n) is 3.43. The van der Waals surface area contributed by atoms with Crippen LogP contribution in [0.3, 0.4) is 0 Å². The fraction of sp³-hybridized carbons (Fsp3) is 0.500. The standard InChI is InChI=1S/C10H15IN2/c1-7(2)12-10-5-9(6-11)4-8(3)13-10/h4-5,7H,6H2,1-3H3,(H,12,13). The van der Waals surface area contributed by atoms with E-state index in [2.05, 4.69) is 58.9 Å². The zero-order chi connectivity index (χ0) is 9.84. The number of nitrogens with one attached hydrogen (secondary N) is 1. The molecule has 0 amide bonds. The summed E-state index contributed by atoms with van der Waals surface area (Å²) in [6.45, 7) is 6.27. The lowest BCUT2D eigenvalue weighted by molar-refractivity contribution is 0.886. The van der Waals surface area contributed by atoms with Crippen LogP contribution in [0.15, 0.2) is 12.1 Å². The van der Waals surface area contributed by atoms with Gasteiger partial charge in [0.05, 0.1) is 0 Å². The fourth-order valence-corrected chi connectivity index (χ4v) is 1.63. The van der Waals surface area contributed by atoms with Gasteiger partial charge in [-0.3, -0.25) is 0 Å². The van der Waals surface area contributed by atoms with E-state index in [1.54, 1.807) is 0 Å². The molecule has 0 unspecified atom stereocenters. The van der Waals surface area contributed by atoms with E-state index in [9.17, 15) is 0 Å². The van der Waals surface area contributed by atoms with E-state index < -0.39 is 0 Å². The van der Waals surface area contributed by atoms with Gasteiger partial charge in [-0.05, 0) is 38.5 Å². The lowest BCUT2D eigenvalue weighted by atomic mass is 10.2. The van der Waals surface area contributed by atoms with Gasteiger partial charge in [-0.15, -0.1) is 0 Å². The molecule has 0 aliphatic rings. The summed E-state index contributed by atoms with van der Waals surface area (Å²) in [5.41, 5.74) is 2.41. The van der Waals surface area contributed by atoms with Crippen molar-refractivity contribution in [3.8, 4) is 0 Å². The third-order valence-corrected chi connectivity index (χ3v) is 2.48. The highest BCUT2D eigenvalue weighted by atomic mass is 127. The molecular weight excluding hydrogens is 275 g/mol. The van der Waals surface area contributed by atoms with E-state index in [1.165, 1.54) is 5.56 Å². The topological polar surface area (TPSA) is 24.9 Å². The molecule has 0 spiro atoms. The predicted molar refractivity (Wildman–Crippen MR) is 65.5 cm³/mol. The van der Waals surface area contributed by atoms with Crippen LogP contribution in [-0.2, 0) is 4.43 Å². The van der Waals surface area contributed by atoms with Crippen molar-refractivity contribution in [1.82, 2.24) is 4.98 Å². The maximum Gasteiger partial charge on any atom is 0.126 e. The van der Waals surface area contributed by atoms with Gasteiger partial charge in [0.15, 0.2) is 0 Å². The lowest BCUT2D eigenvalue weighted by Crippen LogP contribution is -2.11. The van der Waals surface area contributed by atoms with Crippen LogP contribution >= 0.6 is 22.6 Å². The first-order chi connectivity index (χ1) is 6.11. The summed E-state index contributed by atoms with van der Waals surface area (Å²) in [5, 5.41) is 3.31. The quantitative estimate of drug-likeness (QED) is 0.683. The number of hydrogen-bond donors (Lipinski definition) is 1. The van der Waals surface area contributed by atoms with Crippen LogP contribution in [0.2, 0.25) is 0 Å². The molecule has 1 aromatic rings. The Kier molecular flexibility index (Phi) is 3.96. The molecule has 2 nitrogen and oxygen atoms in total. The molecule has 0 radical (unpaired) electrons. The predicted octanol–water partition coefficient (Wildman–Crippen LogP) is 3.15. The zero-order valence-corrected chi connectivity index (χ0v) is 10.4. The third kappa shape index (κ3) is 3.50. The fourth-order valence-electron chi connectivity index (χ4n) is 1.19. The van der Waals surface area contributed by atoms with Crippen LogP contribution in [0.5, 0.6) is 0 Å². The average molecular weight is 290 g/mol. The average Bonchev–Trinajstić information content (AvgIpc) is 2.01. The zero-order valence-electron chi connectivity index (χ0n) is 8.26. The molecule has 0 aliphatic carbocycles. The van der Waals surface area contributed by atoms with Crippen LogP contribution in [0.4, 0.5) is 5.82 Å². The summed E-state index contributed by atoms with van der Waals surface area (Å²) >= 11 is 2.36. The Morgan fingerprint density at radius 2 is 2.15 bits per heavy atom. The van der Waals surface area contributed by atoms with E-state index in [-0.39, 0.29) is 0 Å². The second-order valence-corrected chi connectivity index (χ2v) is 4.20. The van der Waals surface area contributed by atoms with Gasteiger partial charge in [0.2, 0.25) is 0 Å². The van der Waals surface area contributed by atoms with Crippen LogP contribution in [-0.4, -0.2) is 11.0 Å². The normalized spacial score (nSPS) is 10.5. The smallest absolute Gasteiger partial charge is 0.126 e. The molecule has 0 bridgehead atoms. The van der Waals surface area contributed by atoms with E-state index in [0.717, 1.165) is 15.9 Å². The van der Waals surface area contributed by atoms with Crippen molar-refractivity contribution in [2.45, 2.75) is 31.2 Å². The van der Waals surface area contributed by atoms with E-state index in [4.69, 9.17) is 0 Å². The number of halogens is 1. The summed E-state index contributed by atoms with van der Waals surface area (Å²) in [6, 6.07) is 4.67. The van der Waals surface area contributed by atoms with Crippen molar-refractivity contribution in [3.05, 3.63) is 23.4 Å². The van der Waals surface area contributed by atoms with Gasteiger partial charge in [-0.1, -0.05) is 22.6 Å². The SMILES string of the molecule is Cc1cc(CI)cc(NC(C)C)n1. The van der Waals surface area contributed by atoms with E-state index >= 15 is 0 Å². The maximum atomic E-state index is 4.41. The first kappa shape index (κ1) is 10.8. The first-order valence-electron chi connectivity index (χ1n) is 4.42. The molecule has 1 heterocycles. The largest absolute Gasteiger partial charge is 0.368 e. The molecule has 72 valence electrons. The van der Waals surface area contributed by atoms with Crippen molar-refractivity contribution < 1.29 is 0 Å². The van der Waals surface area contributed by atoms with Gasteiger partial charge in [0, 0.05) is 16.2 Å². The molecule has 0 aliphatic heterocycles. The van der Waals surface area contributed by atoms with Crippen LogP contribution in [0.25, 0.3) is 0 Å². The Labute approximate surface area is 93.3 Å². The van der Waals surface area contributed by atoms with Gasteiger partial charge in [0.1, 0.15) is 5.82 Å². The maximum absolute atomic E-state index is 4.41. The van der Waals surface area contributed by atoms with Crippen molar-refractivity contribution >= 4 is 28.4 Å². The molecule has 13 heavy (non-hydrogen) atoms. The molecule has 1 rings (SSSR count). The van der Waals surface area contributed by atoms with Crippen LogP contribution in [0, 0.1) is 6.92 Å². The summed E-state index contributed by atoms with van der Waals surface area (Å²) < 4.78 is 1.04. The summed E-state index contributed by atoms with van der Waals surface area (Å²) in [7, 11) is 0. The van der Waals surface area contributed by atoms with Crippen LogP contribution < -0.4 is 5.32 Å². The summed E-state index contributed by atoms with van der Waals surface area (Å²) in [6.07, 6.45) is 0. The highest BCUT2D eigenvalue weighted by Gasteiger charge is 2.00. The Morgan fingerprint density at radius 3 is 2.69 bits per heavy atom. The minimum Gasteiger partial charge on any atom is -0.368 e. The molecular formula is C10H15IN2. The number of anilines is 1. The second kappa shape index (κ2) is 4.79. The third-order valence-electron chi connectivity index (χ3n) is 1.60. The molecule has 0 aromatic carbocycles. The minimum absolute atomic E-state index is 0.441. The highest BCUT2D eigenvalue weighted by Crippen LogP contribution is 2.13. The number of nitrogens with zero attached hydrogens (tertiary/aromatic N) is 1. The highest BCUT2D eigenvalue weighted by molar-refractivity contribution is 14.1. The van der Waals surface area contributed by atoms with Crippen LogP contribution in [0.1, 0.15) is 25.1 Å². The summed E-state index contributed by atoms with van der Waals surface area (Å²) in [5.74, 6) is 0.988. The molecule has 0 saturated carbocycles. The van der Waals surface area contributed by atoms with Crippen molar-refractivity contribution in [1.29, 1.82) is 0 Å². The number of alkyl halides is 1. The molecule has 1 N–H and O–H groups in total. The molecule has 1 aromatic heterocycles. The number of rotatable bonds is 3. The number of aromatic nitrogens is 1. The summed E-state index contributed by atoms with van der Waals surface area (Å²) in [4.78, 5) is 4.41. The Morgan fingerprint density at radius 1 is 1.46 bits per heavy atom. The molecule has 0 atom stereocenters. The van der Waals surface area contributed by atoms with E-state index in [0.29, 0.717) is 6.04 Å². The lowest BCUT2D eigenvalue weighted by Gasteiger charge is -2.10. The number of aryl methyl sites for hydroxylation is 1. The van der Waals surface area contributed by atoms with Crippen molar-refractivity contribution in [2.75, 3.05) is 5.32 Å². The van der Waals surface area contributed by atoms with Gasteiger partial charge in [-0.2, -0.15) is 0 Å². The van der Waals surface area contributed by atoms with E-state index in [1.807, 2.05) is 6.92 Å². The van der Waals surface area contributed by atoms with Gasteiger partial charge >= 0.3 is 0 Å². The number of hydrogen-bond acceptors (Lipinski definition) is 2. The Balaban J connectivity index is 2.88.